The van der Waals surface area contributed by atoms with Crippen molar-refractivity contribution in [3.63, 3.8) is 0 Å². The van der Waals surface area contributed by atoms with E-state index in [1.54, 1.807) is 0 Å². The van der Waals surface area contributed by atoms with Gasteiger partial charge >= 0.3 is 0 Å². The van der Waals surface area contributed by atoms with E-state index in [2.05, 4.69) is 200 Å². The molecular formula is C50H37BN2OS. The lowest BCUT2D eigenvalue weighted by atomic mass is 9.34. The molecule has 0 fully saturated rings. The molecule has 2 aliphatic rings. The zero-order valence-corrected chi connectivity index (χ0v) is 31.8. The monoisotopic (exact) mass is 724 g/mol. The smallest absolute Gasteiger partial charge is 0.256 e. The minimum absolute atomic E-state index is 0.0507. The van der Waals surface area contributed by atoms with Crippen molar-refractivity contribution < 1.29 is 4.74 Å². The molecule has 262 valence electrons. The molecule has 0 aliphatic carbocycles. The largest absolute Gasteiger partial charge is 0.458 e. The average Bonchev–Trinajstić information content (AvgIpc) is 3.58. The Morgan fingerprint density at radius 1 is 0.545 bits per heavy atom. The molecular weight excluding hydrogens is 687 g/mol. The zero-order chi connectivity index (χ0) is 36.8. The Bertz CT molecular complexity index is 2910. The van der Waals surface area contributed by atoms with Crippen molar-refractivity contribution in [2.45, 2.75) is 26.2 Å². The SMILES string of the molecule is CC(C)(C)c1cc2c3c(c1)N(c1ccccc1)c1ccccc1B3c1cc3sc4c5ccc(N(c6ccccc6)c6ccccc6)cc5ccc4c3cc1O2. The van der Waals surface area contributed by atoms with E-state index in [0.29, 0.717) is 0 Å². The Morgan fingerprint density at radius 3 is 1.95 bits per heavy atom. The molecule has 0 bridgehead atoms. The van der Waals surface area contributed by atoms with Crippen LogP contribution in [0.5, 0.6) is 11.5 Å². The van der Waals surface area contributed by atoms with Crippen molar-refractivity contribution in [1.82, 2.24) is 0 Å². The number of ether oxygens (including phenoxy) is 1. The molecule has 0 unspecified atom stereocenters. The van der Waals surface area contributed by atoms with Crippen LogP contribution in [0.25, 0.3) is 30.9 Å². The van der Waals surface area contributed by atoms with Crippen molar-refractivity contribution in [2.24, 2.45) is 0 Å². The molecule has 0 amide bonds. The van der Waals surface area contributed by atoms with Gasteiger partial charge < -0.3 is 14.5 Å². The molecule has 0 N–H and O–H groups in total. The highest BCUT2D eigenvalue weighted by molar-refractivity contribution is 7.26. The fourth-order valence-electron chi connectivity index (χ4n) is 8.77. The number of hydrogen-bond donors (Lipinski definition) is 0. The first kappa shape index (κ1) is 32.2. The van der Waals surface area contributed by atoms with Gasteiger partial charge in [0.25, 0.3) is 6.71 Å². The Morgan fingerprint density at radius 2 is 1.22 bits per heavy atom. The summed E-state index contributed by atoms with van der Waals surface area (Å²) in [6.07, 6.45) is 0. The van der Waals surface area contributed by atoms with Crippen LogP contribution in [0.4, 0.5) is 34.1 Å². The van der Waals surface area contributed by atoms with E-state index in [1.807, 2.05) is 11.3 Å². The summed E-state index contributed by atoms with van der Waals surface area (Å²) in [7, 11) is 0. The van der Waals surface area contributed by atoms with Crippen molar-refractivity contribution in [1.29, 1.82) is 0 Å². The van der Waals surface area contributed by atoms with Crippen LogP contribution in [0.2, 0.25) is 0 Å². The van der Waals surface area contributed by atoms with Gasteiger partial charge in [-0.05, 0) is 117 Å². The number of benzene rings is 8. The molecule has 0 atom stereocenters. The molecule has 1 aromatic heterocycles. The molecule has 3 nitrogen and oxygen atoms in total. The van der Waals surface area contributed by atoms with Crippen LogP contribution >= 0.6 is 11.3 Å². The lowest BCUT2D eigenvalue weighted by Gasteiger charge is -2.41. The quantitative estimate of drug-likeness (QED) is 0.168. The Hall–Kier alpha value is -6.30. The Balaban J connectivity index is 1.09. The summed E-state index contributed by atoms with van der Waals surface area (Å²) in [6.45, 7) is 6.91. The molecule has 2 aliphatic heterocycles. The standard InChI is InChI=1S/C50H37BN2OS/c1-50(2,3)33-28-44-48-46(29-33)54-45-30-40-39-25-23-32-27-37(52(34-15-7-4-8-16-34)35-17-9-5-10-18-35)24-26-38(32)49(39)55-47(40)31-42(45)51(48)41-21-13-14-22-43(41)53(44)36-19-11-6-12-20-36/h4-31H,1-3H3. The minimum atomic E-state index is -0.0579. The lowest BCUT2D eigenvalue weighted by Crippen LogP contribution is -2.59. The zero-order valence-electron chi connectivity index (χ0n) is 31.0. The number of rotatable bonds is 4. The maximum absolute atomic E-state index is 7.07. The van der Waals surface area contributed by atoms with E-state index in [4.69, 9.17) is 4.74 Å². The molecule has 11 rings (SSSR count). The number of nitrogens with zero attached hydrogens (tertiary/aromatic N) is 2. The van der Waals surface area contributed by atoms with Crippen LogP contribution in [0.1, 0.15) is 26.3 Å². The third-order valence-corrected chi connectivity index (χ3v) is 12.6. The van der Waals surface area contributed by atoms with Gasteiger partial charge in [-0.2, -0.15) is 0 Å². The number of anilines is 6. The van der Waals surface area contributed by atoms with E-state index in [-0.39, 0.29) is 12.1 Å². The fourth-order valence-corrected chi connectivity index (χ4v) is 10.0. The second kappa shape index (κ2) is 12.1. The molecule has 0 spiro atoms. The van der Waals surface area contributed by atoms with Gasteiger partial charge in [0, 0.05) is 54.3 Å². The summed E-state index contributed by atoms with van der Waals surface area (Å²) in [5.74, 6) is 1.90. The van der Waals surface area contributed by atoms with E-state index >= 15 is 0 Å². The molecule has 0 radical (unpaired) electrons. The summed E-state index contributed by atoms with van der Waals surface area (Å²) in [4.78, 5) is 4.77. The highest BCUT2D eigenvalue weighted by Crippen LogP contribution is 2.46. The molecule has 5 heteroatoms. The number of hydrogen-bond acceptors (Lipinski definition) is 4. The van der Waals surface area contributed by atoms with Crippen LogP contribution in [-0.4, -0.2) is 6.71 Å². The van der Waals surface area contributed by atoms with Gasteiger partial charge in [0.05, 0.1) is 0 Å². The first-order valence-electron chi connectivity index (χ1n) is 19.0. The second-order valence-corrected chi connectivity index (χ2v) is 16.8. The van der Waals surface area contributed by atoms with Gasteiger partial charge in [0.2, 0.25) is 0 Å². The minimum Gasteiger partial charge on any atom is -0.458 e. The number of thiophene rings is 1. The molecule has 8 aromatic carbocycles. The van der Waals surface area contributed by atoms with Crippen molar-refractivity contribution >= 4 is 99.5 Å². The lowest BCUT2D eigenvalue weighted by molar-refractivity contribution is 0.484. The topological polar surface area (TPSA) is 15.7 Å². The molecule has 9 aromatic rings. The third kappa shape index (κ3) is 5.03. The predicted molar refractivity (Wildman–Crippen MR) is 236 cm³/mol. The molecule has 0 saturated heterocycles. The average molecular weight is 725 g/mol. The summed E-state index contributed by atoms with van der Waals surface area (Å²) >= 11 is 1.89. The van der Waals surface area contributed by atoms with Gasteiger partial charge in [-0.15, -0.1) is 11.3 Å². The van der Waals surface area contributed by atoms with Crippen molar-refractivity contribution in [3.05, 3.63) is 175 Å². The highest BCUT2D eigenvalue weighted by atomic mass is 32.1. The van der Waals surface area contributed by atoms with Crippen LogP contribution in [0.15, 0.2) is 170 Å². The van der Waals surface area contributed by atoms with Crippen molar-refractivity contribution in [2.75, 3.05) is 9.80 Å². The highest BCUT2D eigenvalue weighted by Gasteiger charge is 2.42. The first-order valence-corrected chi connectivity index (χ1v) is 19.9. The maximum atomic E-state index is 7.07. The van der Waals surface area contributed by atoms with Crippen LogP contribution in [-0.2, 0) is 5.41 Å². The second-order valence-electron chi connectivity index (χ2n) is 15.8. The number of fused-ring (bicyclic) bond motifs is 9. The van der Waals surface area contributed by atoms with Gasteiger partial charge in [-0.1, -0.05) is 112 Å². The van der Waals surface area contributed by atoms with Gasteiger partial charge in [-0.3, -0.25) is 0 Å². The van der Waals surface area contributed by atoms with Gasteiger partial charge in [0.1, 0.15) is 11.5 Å². The van der Waals surface area contributed by atoms with E-state index in [9.17, 15) is 0 Å². The molecule has 0 saturated carbocycles. The summed E-state index contributed by atoms with van der Waals surface area (Å²) < 4.78 is 9.66. The van der Waals surface area contributed by atoms with Gasteiger partial charge in [-0.25, -0.2) is 0 Å². The van der Waals surface area contributed by atoms with Crippen LogP contribution in [0, 0.1) is 0 Å². The van der Waals surface area contributed by atoms with Crippen LogP contribution in [0.3, 0.4) is 0 Å². The summed E-state index contributed by atoms with van der Waals surface area (Å²) in [5.41, 5.74) is 11.9. The fraction of sp³-hybridized carbons (Fsp3) is 0.0800. The summed E-state index contributed by atoms with van der Waals surface area (Å²) in [5, 5.41) is 5.00. The summed E-state index contributed by atoms with van der Waals surface area (Å²) in [6, 6.07) is 61.9. The molecule has 3 heterocycles. The molecule has 55 heavy (non-hydrogen) atoms. The maximum Gasteiger partial charge on any atom is 0.256 e. The first-order chi connectivity index (χ1) is 26.9. The van der Waals surface area contributed by atoms with Crippen LogP contribution < -0.4 is 30.9 Å². The van der Waals surface area contributed by atoms with Gasteiger partial charge in [0.15, 0.2) is 0 Å². The van der Waals surface area contributed by atoms with Crippen molar-refractivity contribution in [3.8, 4) is 11.5 Å². The van der Waals surface area contributed by atoms with E-state index in [1.165, 1.54) is 64.3 Å². The normalized spacial score (nSPS) is 13.1. The van der Waals surface area contributed by atoms with E-state index in [0.717, 1.165) is 34.2 Å². The Kier molecular flexibility index (Phi) is 7.08. The Labute approximate surface area is 325 Å². The predicted octanol–water partition coefficient (Wildman–Crippen LogP) is 12.4. The van der Waals surface area contributed by atoms with E-state index < -0.39 is 0 Å². The third-order valence-electron chi connectivity index (χ3n) is 11.4. The number of para-hydroxylation sites is 4.